The summed E-state index contributed by atoms with van der Waals surface area (Å²) in [4.78, 5) is 28.2. The molecule has 12 nitrogen and oxygen atoms in total. The third kappa shape index (κ3) is 6.03. The molecule has 0 spiro atoms. The molecular weight excluding hydrogens is 565 g/mol. The van der Waals surface area contributed by atoms with Gasteiger partial charge in [0.2, 0.25) is 0 Å². The molecule has 1 aliphatic heterocycles. The van der Waals surface area contributed by atoms with E-state index in [4.69, 9.17) is 20.9 Å². The number of ether oxygens (including phenoxy) is 1. The van der Waals surface area contributed by atoms with Crippen molar-refractivity contribution in [3.63, 3.8) is 0 Å². The lowest BCUT2D eigenvalue weighted by Crippen LogP contribution is -2.35. The van der Waals surface area contributed by atoms with Crippen LogP contribution in [0.1, 0.15) is 58.8 Å². The summed E-state index contributed by atoms with van der Waals surface area (Å²) in [5, 5.41) is 13.4. The van der Waals surface area contributed by atoms with Crippen molar-refractivity contribution in [1.29, 1.82) is 5.26 Å². The number of piperidine rings is 1. The largest absolute Gasteiger partial charge is 0.486 e. The van der Waals surface area contributed by atoms with E-state index in [1.165, 1.54) is 6.07 Å². The van der Waals surface area contributed by atoms with E-state index in [1.54, 1.807) is 30.5 Å². The average Bonchev–Trinajstić information content (AvgIpc) is 3.79. The van der Waals surface area contributed by atoms with Crippen LogP contribution in [0.2, 0.25) is 0 Å². The predicted octanol–water partition coefficient (Wildman–Crippen LogP) is 3.95. The van der Waals surface area contributed by atoms with Crippen molar-refractivity contribution in [2.75, 3.05) is 13.1 Å². The van der Waals surface area contributed by atoms with Gasteiger partial charge in [0.1, 0.15) is 18.2 Å². The van der Waals surface area contributed by atoms with Crippen LogP contribution in [0.15, 0.2) is 61.3 Å². The Balaban J connectivity index is 1.13. The van der Waals surface area contributed by atoms with E-state index in [0.29, 0.717) is 30.0 Å². The monoisotopic (exact) mass is 597 g/mol. The van der Waals surface area contributed by atoms with Crippen LogP contribution in [-0.4, -0.2) is 52.8 Å². The fourth-order valence-electron chi connectivity index (χ4n) is 5.62. The van der Waals surface area contributed by atoms with Crippen LogP contribution in [0.3, 0.4) is 0 Å². The molecule has 0 bridgehead atoms. The standard InChI is InChI=1S/C31H32FN9O3/c1-2-39-20-35-14-25(39)16-40-29-12-22(31(42)44-34)5-6-28(29)37-30(40)18-38-9-7-24(8-10-38)41-17-26(15-36-41)43-19-23-4-3-21(13-33)11-27(23)32/h3-6,11-12,14-15,17,20,24H,2,7-10,16,18-19,34H2,1H3. The van der Waals surface area contributed by atoms with E-state index >= 15 is 0 Å². The summed E-state index contributed by atoms with van der Waals surface area (Å²) in [6.07, 6.45) is 8.94. The Hall–Kier alpha value is -5.06. The van der Waals surface area contributed by atoms with Crippen LogP contribution in [-0.2, 0) is 31.1 Å². The molecule has 1 aliphatic rings. The van der Waals surface area contributed by atoms with Crippen LogP contribution < -0.4 is 10.6 Å². The van der Waals surface area contributed by atoms with Crippen LogP contribution in [0.5, 0.6) is 5.75 Å². The molecule has 0 atom stereocenters. The Kier molecular flexibility index (Phi) is 8.36. The number of halogens is 1. The summed E-state index contributed by atoms with van der Waals surface area (Å²) in [5.41, 5.74) is 3.67. The normalized spacial score (nSPS) is 14.1. The molecule has 4 heterocycles. The van der Waals surface area contributed by atoms with Gasteiger partial charge in [-0.25, -0.2) is 19.2 Å². The molecule has 0 saturated carbocycles. The van der Waals surface area contributed by atoms with E-state index in [2.05, 4.69) is 35.9 Å². The van der Waals surface area contributed by atoms with Crippen LogP contribution >= 0.6 is 0 Å². The lowest BCUT2D eigenvalue weighted by Gasteiger charge is -2.31. The highest BCUT2D eigenvalue weighted by Crippen LogP contribution is 2.27. The fraction of sp³-hybridized carbons (Fsp3) is 0.323. The number of aromatic nitrogens is 6. The molecule has 0 radical (unpaired) electrons. The minimum absolute atomic E-state index is 0.0522. The van der Waals surface area contributed by atoms with Gasteiger partial charge in [-0.15, -0.1) is 0 Å². The number of benzene rings is 2. The van der Waals surface area contributed by atoms with Gasteiger partial charge in [0, 0.05) is 31.4 Å². The van der Waals surface area contributed by atoms with Gasteiger partial charge < -0.3 is 18.7 Å². The maximum absolute atomic E-state index is 14.2. The maximum Gasteiger partial charge on any atom is 0.356 e. The molecule has 2 aromatic carbocycles. The number of nitrogens with zero attached hydrogens (tertiary/aromatic N) is 8. The minimum Gasteiger partial charge on any atom is -0.486 e. The molecule has 0 unspecified atom stereocenters. The molecule has 226 valence electrons. The van der Waals surface area contributed by atoms with Gasteiger partial charge in [0.15, 0.2) is 5.75 Å². The van der Waals surface area contributed by atoms with Crippen molar-refractivity contribution in [2.45, 2.75) is 52.0 Å². The summed E-state index contributed by atoms with van der Waals surface area (Å²) >= 11 is 0. The highest BCUT2D eigenvalue weighted by molar-refractivity contribution is 5.93. The van der Waals surface area contributed by atoms with Gasteiger partial charge in [-0.1, -0.05) is 6.07 Å². The Morgan fingerprint density at radius 2 is 2.00 bits per heavy atom. The Morgan fingerprint density at radius 1 is 1.16 bits per heavy atom. The molecule has 6 rings (SSSR count). The Morgan fingerprint density at radius 3 is 2.75 bits per heavy atom. The topological polar surface area (TPSA) is 142 Å². The van der Waals surface area contributed by atoms with Crippen LogP contribution in [0.25, 0.3) is 11.0 Å². The summed E-state index contributed by atoms with van der Waals surface area (Å²) in [5.74, 6) is 5.54. The van der Waals surface area contributed by atoms with Gasteiger partial charge in [-0.2, -0.15) is 16.3 Å². The summed E-state index contributed by atoms with van der Waals surface area (Å²) in [6.45, 7) is 5.80. The Labute approximate surface area is 253 Å². The smallest absolute Gasteiger partial charge is 0.356 e. The van der Waals surface area contributed by atoms with Crippen molar-refractivity contribution in [2.24, 2.45) is 5.90 Å². The van der Waals surface area contributed by atoms with E-state index in [1.807, 2.05) is 35.5 Å². The molecular formula is C31H32FN9O3. The van der Waals surface area contributed by atoms with E-state index in [-0.39, 0.29) is 18.2 Å². The molecule has 1 fully saturated rings. The highest BCUT2D eigenvalue weighted by atomic mass is 19.1. The molecule has 1 saturated heterocycles. The number of carbonyl (C=O) groups excluding carboxylic acids is 1. The highest BCUT2D eigenvalue weighted by Gasteiger charge is 2.24. The molecule has 0 aliphatic carbocycles. The molecule has 2 N–H and O–H groups in total. The number of hydrogen-bond acceptors (Lipinski definition) is 9. The first-order chi connectivity index (χ1) is 21.4. The van der Waals surface area contributed by atoms with Crippen molar-refractivity contribution in [3.8, 4) is 11.8 Å². The molecule has 13 heteroatoms. The van der Waals surface area contributed by atoms with Gasteiger partial charge in [0.25, 0.3) is 0 Å². The van der Waals surface area contributed by atoms with Crippen molar-refractivity contribution in [1.82, 2.24) is 33.8 Å². The molecule has 3 aromatic heterocycles. The van der Waals surface area contributed by atoms with Gasteiger partial charge in [0.05, 0.1) is 71.8 Å². The average molecular weight is 598 g/mol. The summed E-state index contributed by atoms with van der Waals surface area (Å²) < 4.78 is 26.1. The zero-order valence-corrected chi connectivity index (χ0v) is 24.3. The Bertz CT molecular complexity index is 1830. The van der Waals surface area contributed by atoms with Crippen LogP contribution in [0.4, 0.5) is 4.39 Å². The number of nitrogens with two attached hydrogens (primary N) is 1. The number of imidazole rings is 2. The van der Waals surface area contributed by atoms with Crippen LogP contribution in [0, 0.1) is 17.1 Å². The molecule has 0 amide bonds. The summed E-state index contributed by atoms with van der Waals surface area (Å²) in [7, 11) is 0. The van der Waals surface area contributed by atoms with Crippen molar-refractivity contribution >= 4 is 17.0 Å². The third-order valence-electron chi connectivity index (χ3n) is 8.08. The van der Waals surface area contributed by atoms with Crippen molar-refractivity contribution in [3.05, 3.63) is 95.3 Å². The zero-order valence-electron chi connectivity index (χ0n) is 24.3. The maximum atomic E-state index is 14.2. The molecule has 44 heavy (non-hydrogen) atoms. The van der Waals surface area contributed by atoms with E-state index in [9.17, 15) is 9.18 Å². The number of likely N-dealkylation sites (tertiary alicyclic amines) is 1. The number of rotatable bonds is 10. The second-order valence-electron chi connectivity index (χ2n) is 10.8. The first kappa shape index (κ1) is 29.0. The number of hydrogen-bond donors (Lipinski definition) is 1. The zero-order chi connectivity index (χ0) is 30.6. The fourth-order valence-corrected chi connectivity index (χ4v) is 5.62. The lowest BCUT2D eigenvalue weighted by molar-refractivity contribution is 0.0503. The second-order valence-corrected chi connectivity index (χ2v) is 10.8. The van der Waals surface area contributed by atoms with E-state index in [0.717, 1.165) is 55.0 Å². The van der Waals surface area contributed by atoms with E-state index < -0.39 is 11.8 Å². The predicted molar refractivity (Wildman–Crippen MR) is 158 cm³/mol. The second kappa shape index (κ2) is 12.7. The summed E-state index contributed by atoms with van der Waals surface area (Å²) in [6, 6.07) is 11.7. The first-order valence-electron chi connectivity index (χ1n) is 14.4. The third-order valence-corrected chi connectivity index (χ3v) is 8.08. The first-order valence-corrected chi connectivity index (χ1v) is 14.4. The van der Waals surface area contributed by atoms with Gasteiger partial charge in [-0.3, -0.25) is 9.58 Å². The lowest BCUT2D eigenvalue weighted by atomic mass is 10.1. The van der Waals surface area contributed by atoms with Gasteiger partial charge >= 0.3 is 5.97 Å². The minimum atomic E-state index is -0.601. The van der Waals surface area contributed by atoms with Gasteiger partial charge in [-0.05, 0) is 50.1 Å². The SMILES string of the molecule is CCn1cncc1Cn1c(CN2CCC(n3cc(OCc4ccc(C#N)cc4F)cn3)CC2)nc2ccc(C(=O)ON)cc21. The quantitative estimate of drug-likeness (QED) is 0.237. The number of fused-ring (bicyclic) bond motifs is 1. The molecule has 5 aromatic rings. The number of carbonyl (C=O) groups is 1. The number of nitriles is 1. The van der Waals surface area contributed by atoms with Crippen molar-refractivity contribution < 1.29 is 18.8 Å². The number of aryl methyl sites for hydroxylation is 1.